The summed E-state index contributed by atoms with van der Waals surface area (Å²) in [6, 6.07) is 12.0. The Kier molecular flexibility index (Phi) is 2.83. The zero-order chi connectivity index (χ0) is 12.4. The lowest BCUT2D eigenvalue weighted by Crippen LogP contribution is -1.96. The molecule has 17 heavy (non-hydrogen) atoms. The van der Waals surface area contributed by atoms with Crippen LogP contribution in [0.4, 0.5) is 5.69 Å². The molecular formula is C14H13NO2. The van der Waals surface area contributed by atoms with Gasteiger partial charge in [0.25, 0.3) is 0 Å². The van der Waals surface area contributed by atoms with Gasteiger partial charge >= 0.3 is 0 Å². The standard InChI is InChI=1S/C14H13NO2/c1-9(16)11-4-7-13(14(15)8-11)10-2-5-12(17)6-3-10/h2-8,17H,15H2,1H3. The van der Waals surface area contributed by atoms with Gasteiger partial charge in [0.1, 0.15) is 5.75 Å². The van der Waals surface area contributed by atoms with Crippen LogP contribution in [-0.4, -0.2) is 10.9 Å². The van der Waals surface area contributed by atoms with E-state index in [-0.39, 0.29) is 11.5 Å². The summed E-state index contributed by atoms with van der Waals surface area (Å²) in [6.07, 6.45) is 0. The van der Waals surface area contributed by atoms with Crippen molar-refractivity contribution >= 4 is 11.5 Å². The Balaban J connectivity index is 2.46. The average molecular weight is 227 g/mol. The molecule has 0 aliphatic heterocycles. The van der Waals surface area contributed by atoms with Gasteiger partial charge in [0.05, 0.1) is 0 Å². The molecule has 0 bridgehead atoms. The Morgan fingerprint density at radius 2 is 1.76 bits per heavy atom. The van der Waals surface area contributed by atoms with Gasteiger partial charge in [0, 0.05) is 16.8 Å². The number of hydrogen-bond acceptors (Lipinski definition) is 3. The number of nitrogens with two attached hydrogens (primary N) is 1. The average Bonchev–Trinajstić information content (AvgIpc) is 2.30. The van der Waals surface area contributed by atoms with Crippen LogP contribution in [0.5, 0.6) is 5.75 Å². The van der Waals surface area contributed by atoms with Crippen LogP contribution in [-0.2, 0) is 0 Å². The van der Waals surface area contributed by atoms with Crippen molar-refractivity contribution < 1.29 is 9.90 Å². The van der Waals surface area contributed by atoms with Gasteiger partial charge in [-0.2, -0.15) is 0 Å². The number of rotatable bonds is 2. The van der Waals surface area contributed by atoms with E-state index in [0.717, 1.165) is 11.1 Å². The van der Waals surface area contributed by atoms with Crippen molar-refractivity contribution in [3.05, 3.63) is 48.0 Å². The SMILES string of the molecule is CC(=O)c1ccc(-c2ccc(O)cc2)c(N)c1. The summed E-state index contributed by atoms with van der Waals surface area (Å²) < 4.78 is 0. The zero-order valence-corrected chi connectivity index (χ0v) is 9.47. The number of phenolic OH excluding ortho intramolecular Hbond substituents is 1. The lowest BCUT2D eigenvalue weighted by atomic mass is 10.0. The number of anilines is 1. The molecule has 2 aromatic carbocycles. The lowest BCUT2D eigenvalue weighted by molar-refractivity contribution is 0.101. The van der Waals surface area contributed by atoms with Crippen molar-refractivity contribution in [3.8, 4) is 16.9 Å². The minimum Gasteiger partial charge on any atom is -0.508 e. The summed E-state index contributed by atoms with van der Waals surface area (Å²) >= 11 is 0. The number of carbonyl (C=O) groups excluding carboxylic acids is 1. The highest BCUT2D eigenvalue weighted by atomic mass is 16.3. The first-order valence-electron chi connectivity index (χ1n) is 5.28. The molecule has 0 saturated heterocycles. The summed E-state index contributed by atoms with van der Waals surface area (Å²) in [5.41, 5.74) is 8.84. The smallest absolute Gasteiger partial charge is 0.159 e. The molecule has 0 atom stereocenters. The maximum atomic E-state index is 11.2. The zero-order valence-electron chi connectivity index (χ0n) is 9.47. The molecule has 3 N–H and O–H groups in total. The van der Waals surface area contributed by atoms with Crippen molar-refractivity contribution in [2.24, 2.45) is 0 Å². The number of ketones is 1. The Morgan fingerprint density at radius 3 is 2.29 bits per heavy atom. The Bertz CT molecular complexity index is 559. The summed E-state index contributed by atoms with van der Waals surface area (Å²) in [7, 11) is 0. The molecule has 0 aliphatic carbocycles. The maximum Gasteiger partial charge on any atom is 0.159 e. The minimum absolute atomic E-state index is 0.00560. The fourth-order valence-electron chi connectivity index (χ4n) is 1.69. The fraction of sp³-hybridized carbons (Fsp3) is 0.0714. The van der Waals surface area contributed by atoms with Crippen LogP contribution in [0.25, 0.3) is 11.1 Å². The van der Waals surface area contributed by atoms with Crippen LogP contribution in [0.3, 0.4) is 0 Å². The molecule has 0 aromatic heterocycles. The molecule has 3 heteroatoms. The number of carbonyl (C=O) groups is 1. The van der Waals surface area contributed by atoms with Crippen molar-refractivity contribution in [1.82, 2.24) is 0 Å². The fourth-order valence-corrected chi connectivity index (χ4v) is 1.69. The highest BCUT2D eigenvalue weighted by molar-refractivity contribution is 5.96. The highest BCUT2D eigenvalue weighted by Gasteiger charge is 2.06. The quantitative estimate of drug-likeness (QED) is 0.612. The third-order valence-corrected chi connectivity index (χ3v) is 2.64. The van der Waals surface area contributed by atoms with Gasteiger partial charge < -0.3 is 10.8 Å². The van der Waals surface area contributed by atoms with Crippen LogP contribution >= 0.6 is 0 Å². The van der Waals surface area contributed by atoms with Crippen LogP contribution in [0, 0.1) is 0 Å². The van der Waals surface area contributed by atoms with Crippen LogP contribution in [0.1, 0.15) is 17.3 Å². The highest BCUT2D eigenvalue weighted by Crippen LogP contribution is 2.28. The Morgan fingerprint density at radius 1 is 1.12 bits per heavy atom. The number of hydrogen-bond donors (Lipinski definition) is 2. The second-order valence-electron chi connectivity index (χ2n) is 3.91. The van der Waals surface area contributed by atoms with E-state index in [1.807, 2.05) is 6.07 Å². The van der Waals surface area contributed by atoms with E-state index in [1.54, 1.807) is 36.4 Å². The van der Waals surface area contributed by atoms with Gasteiger partial charge in [-0.3, -0.25) is 4.79 Å². The number of phenols is 1. The second kappa shape index (κ2) is 4.29. The van der Waals surface area contributed by atoms with Crippen molar-refractivity contribution in [1.29, 1.82) is 0 Å². The van der Waals surface area contributed by atoms with E-state index in [0.29, 0.717) is 11.3 Å². The van der Waals surface area contributed by atoms with E-state index < -0.39 is 0 Å². The van der Waals surface area contributed by atoms with Crippen molar-refractivity contribution in [2.45, 2.75) is 6.92 Å². The molecule has 0 amide bonds. The third-order valence-electron chi connectivity index (χ3n) is 2.64. The van der Waals surface area contributed by atoms with E-state index >= 15 is 0 Å². The summed E-state index contributed by atoms with van der Waals surface area (Å²) in [5, 5.41) is 9.21. The predicted octanol–water partition coefficient (Wildman–Crippen LogP) is 2.84. The van der Waals surface area contributed by atoms with Gasteiger partial charge in [-0.1, -0.05) is 24.3 Å². The van der Waals surface area contributed by atoms with Gasteiger partial charge in [-0.15, -0.1) is 0 Å². The second-order valence-corrected chi connectivity index (χ2v) is 3.91. The van der Waals surface area contributed by atoms with Crippen LogP contribution in [0.15, 0.2) is 42.5 Å². The van der Waals surface area contributed by atoms with E-state index in [2.05, 4.69) is 0 Å². The number of nitrogen functional groups attached to an aromatic ring is 1. The molecule has 0 spiro atoms. The Labute approximate surface area is 99.5 Å². The van der Waals surface area contributed by atoms with Crippen molar-refractivity contribution in [2.75, 3.05) is 5.73 Å². The molecule has 0 fully saturated rings. The number of aromatic hydroxyl groups is 1. The molecule has 2 aromatic rings. The largest absolute Gasteiger partial charge is 0.508 e. The van der Waals surface area contributed by atoms with Gasteiger partial charge in [-0.25, -0.2) is 0 Å². The first kappa shape index (κ1) is 11.2. The summed E-state index contributed by atoms with van der Waals surface area (Å²) in [4.78, 5) is 11.2. The first-order chi connectivity index (χ1) is 8.08. The third kappa shape index (κ3) is 2.28. The van der Waals surface area contributed by atoms with Crippen LogP contribution in [0.2, 0.25) is 0 Å². The normalized spacial score (nSPS) is 10.2. The molecule has 0 heterocycles. The van der Waals surface area contributed by atoms with Gasteiger partial charge in [0.15, 0.2) is 5.78 Å². The number of benzene rings is 2. The monoisotopic (exact) mass is 227 g/mol. The summed E-state index contributed by atoms with van der Waals surface area (Å²) in [5.74, 6) is 0.210. The lowest BCUT2D eigenvalue weighted by Gasteiger charge is -2.07. The summed E-state index contributed by atoms with van der Waals surface area (Å²) in [6.45, 7) is 1.51. The minimum atomic E-state index is -0.00560. The molecule has 0 unspecified atom stereocenters. The molecule has 3 nitrogen and oxygen atoms in total. The van der Waals surface area contributed by atoms with E-state index in [1.165, 1.54) is 6.92 Å². The number of Topliss-reactive ketones (excluding diaryl/α,β-unsaturated/α-hetero) is 1. The molecule has 0 radical (unpaired) electrons. The first-order valence-corrected chi connectivity index (χ1v) is 5.28. The molecule has 86 valence electrons. The van der Waals surface area contributed by atoms with Crippen LogP contribution < -0.4 is 5.73 Å². The molecule has 0 aliphatic rings. The van der Waals surface area contributed by atoms with Gasteiger partial charge in [0.2, 0.25) is 0 Å². The van der Waals surface area contributed by atoms with Gasteiger partial charge in [-0.05, 0) is 30.7 Å². The molecular weight excluding hydrogens is 214 g/mol. The molecule has 2 rings (SSSR count). The van der Waals surface area contributed by atoms with Crippen molar-refractivity contribution in [3.63, 3.8) is 0 Å². The topological polar surface area (TPSA) is 63.3 Å². The maximum absolute atomic E-state index is 11.2. The van der Waals surface area contributed by atoms with E-state index in [9.17, 15) is 9.90 Å². The Hall–Kier alpha value is -2.29. The predicted molar refractivity (Wildman–Crippen MR) is 68.0 cm³/mol. The molecule has 0 saturated carbocycles. The van der Waals surface area contributed by atoms with E-state index in [4.69, 9.17) is 5.73 Å².